The van der Waals surface area contributed by atoms with Crippen molar-refractivity contribution in [2.75, 3.05) is 38.7 Å². The molecule has 4 aromatic rings. The summed E-state index contributed by atoms with van der Waals surface area (Å²) < 4.78 is 21.5. The average Bonchev–Trinajstić information content (AvgIpc) is 3.01. The highest BCUT2D eigenvalue weighted by molar-refractivity contribution is 6.32. The Morgan fingerprint density at radius 3 is 2.00 bits per heavy atom. The summed E-state index contributed by atoms with van der Waals surface area (Å²) in [4.78, 5) is 30.1. The number of carbonyl (C=O) groups excluding carboxylic acids is 2. The molecule has 8 nitrogen and oxygen atoms in total. The number of benzene rings is 4. The minimum absolute atomic E-state index is 0.222. The number of rotatable bonds is 8. The summed E-state index contributed by atoms with van der Waals surface area (Å²) in [5, 5.41) is 3.32. The third-order valence-electron chi connectivity index (χ3n) is 7.16. The van der Waals surface area contributed by atoms with E-state index in [0.29, 0.717) is 50.5 Å². The number of amides is 2. The number of carbonyl (C=O) groups is 2. The first-order valence-corrected chi connectivity index (χ1v) is 13.2. The van der Waals surface area contributed by atoms with Crippen LogP contribution in [0.2, 0.25) is 5.02 Å². The van der Waals surface area contributed by atoms with Crippen molar-refractivity contribution < 1.29 is 28.5 Å². The Bertz CT molecular complexity index is 1570. The Balaban J connectivity index is 1.68. The van der Waals surface area contributed by atoms with E-state index in [2.05, 4.69) is 5.32 Å². The third kappa shape index (κ3) is 5.26. The smallest absolute Gasteiger partial charge is 0.259 e. The Morgan fingerprint density at radius 2 is 1.39 bits per heavy atom. The van der Waals surface area contributed by atoms with Crippen molar-refractivity contribution in [2.24, 2.45) is 0 Å². The number of nitrogens with one attached hydrogen (secondary N) is 1. The van der Waals surface area contributed by atoms with E-state index < -0.39 is 12.0 Å². The number of hydrogen-bond acceptors (Lipinski definition) is 6. The largest absolute Gasteiger partial charge is 0.497 e. The number of hydrogen-bond donors (Lipinski definition) is 1. The van der Waals surface area contributed by atoms with Gasteiger partial charge < -0.3 is 24.3 Å². The molecule has 0 radical (unpaired) electrons. The zero-order valence-electron chi connectivity index (χ0n) is 23.0. The average molecular weight is 573 g/mol. The molecule has 0 saturated carbocycles. The van der Waals surface area contributed by atoms with E-state index in [0.717, 1.165) is 5.56 Å². The highest BCUT2D eigenvalue weighted by Crippen LogP contribution is 2.46. The van der Waals surface area contributed by atoms with Gasteiger partial charge in [-0.05, 0) is 59.7 Å². The zero-order valence-corrected chi connectivity index (χ0v) is 23.8. The zero-order chi connectivity index (χ0) is 29.1. The van der Waals surface area contributed by atoms with Crippen LogP contribution in [0, 0.1) is 0 Å². The van der Waals surface area contributed by atoms with Crippen LogP contribution in [-0.2, 0) is 4.79 Å². The van der Waals surface area contributed by atoms with Crippen LogP contribution < -0.4 is 29.2 Å². The Labute approximate surface area is 243 Å². The minimum Gasteiger partial charge on any atom is -0.497 e. The molecule has 5 rings (SSSR count). The van der Waals surface area contributed by atoms with E-state index >= 15 is 0 Å². The molecule has 210 valence electrons. The lowest BCUT2D eigenvalue weighted by molar-refractivity contribution is -0.118. The van der Waals surface area contributed by atoms with Gasteiger partial charge in [-0.2, -0.15) is 0 Å². The summed E-state index contributed by atoms with van der Waals surface area (Å²) >= 11 is 6.40. The molecule has 0 fully saturated rings. The first-order chi connectivity index (χ1) is 19.9. The summed E-state index contributed by atoms with van der Waals surface area (Å²) in [5.41, 5.74) is 2.80. The lowest BCUT2D eigenvalue weighted by Crippen LogP contribution is -2.46. The highest BCUT2D eigenvalue weighted by Gasteiger charge is 2.45. The molecule has 2 atom stereocenters. The van der Waals surface area contributed by atoms with Crippen molar-refractivity contribution in [1.82, 2.24) is 0 Å². The molecule has 0 aromatic heterocycles. The fourth-order valence-corrected chi connectivity index (χ4v) is 5.40. The molecule has 9 heteroatoms. The van der Waals surface area contributed by atoms with Crippen LogP contribution in [0.15, 0.2) is 84.9 Å². The van der Waals surface area contributed by atoms with Crippen LogP contribution in [0.1, 0.15) is 33.4 Å². The van der Waals surface area contributed by atoms with Crippen molar-refractivity contribution in [3.05, 3.63) is 107 Å². The summed E-state index contributed by atoms with van der Waals surface area (Å²) in [6, 6.07) is 24.2. The first-order valence-electron chi connectivity index (χ1n) is 12.8. The molecule has 1 N–H and O–H groups in total. The monoisotopic (exact) mass is 572 g/mol. The molecule has 0 aliphatic carbocycles. The maximum Gasteiger partial charge on any atom is 0.259 e. The number of fused-ring (bicyclic) bond motifs is 1. The normalized spacial score (nSPS) is 16.0. The van der Waals surface area contributed by atoms with E-state index in [-0.39, 0.29) is 11.8 Å². The van der Waals surface area contributed by atoms with Crippen molar-refractivity contribution in [2.45, 2.75) is 12.0 Å². The van der Waals surface area contributed by atoms with Crippen LogP contribution >= 0.6 is 11.6 Å². The van der Waals surface area contributed by atoms with Crippen LogP contribution in [0.5, 0.6) is 23.0 Å². The summed E-state index contributed by atoms with van der Waals surface area (Å²) in [6.07, 6.45) is 0. The van der Waals surface area contributed by atoms with Gasteiger partial charge in [-0.15, -0.1) is 0 Å². The van der Waals surface area contributed by atoms with Gasteiger partial charge in [0, 0.05) is 17.3 Å². The Morgan fingerprint density at radius 1 is 0.780 bits per heavy atom. The molecule has 2 amide bonds. The molecule has 0 spiro atoms. The maximum atomic E-state index is 14.3. The fraction of sp³-hybridized carbons (Fsp3) is 0.188. The van der Waals surface area contributed by atoms with Crippen LogP contribution in [0.25, 0.3) is 0 Å². The quantitative estimate of drug-likeness (QED) is 0.259. The number of ether oxygens (including phenoxy) is 4. The molecule has 0 unspecified atom stereocenters. The number of nitrogens with zero attached hydrogens (tertiary/aromatic N) is 1. The van der Waals surface area contributed by atoms with Gasteiger partial charge in [0.25, 0.3) is 5.91 Å². The topological polar surface area (TPSA) is 86.3 Å². The van der Waals surface area contributed by atoms with Gasteiger partial charge in [-0.1, -0.05) is 41.9 Å². The number of methoxy groups -OCH3 is 4. The number of anilines is 2. The Kier molecular flexibility index (Phi) is 8.03. The molecule has 0 bridgehead atoms. The second-order valence-corrected chi connectivity index (χ2v) is 9.74. The standard InChI is InChI=1S/C32H29ClN2O6/c1-38-21-13-9-19(10-14-21)30-29(31(36)34-26-17-25(33)27(40-3)18-28(26)41-4)23-7-5-6-8-24(23)32(37)35(30)20-11-15-22(39-2)16-12-20/h5-18,29-30H,1-4H3,(H,34,36)/t29-,30-/m1/s1. The van der Waals surface area contributed by atoms with Gasteiger partial charge in [0.2, 0.25) is 5.91 Å². The van der Waals surface area contributed by atoms with E-state index in [9.17, 15) is 9.59 Å². The van der Waals surface area contributed by atoms with Crippen LogP contribution in [0.3, 0.4) is 0 Å². The predicted octanol–water partition coefficient (Wildman–Crippen LogP) is 6.50. The van der Waals surface area contributed by atoms with Crippen molar-refractivity contribution in [1.29, 1.82) is 0 Å². The Hall–Kier alpha value is -4.69. The van der Waals surface area contributed by atoms with Crippen LogP contribution in [0.4, 0.5) is 11.4 Å². The molecule has 4 aromatic carbocycles. The SMILES string of the molecule is COc1ccc([C@@H]2[C@H](C(=O)Nc3cc(Cl)c(OC)cc3OC)c3ccccc3C(=O)N2c2ccc(OC)cc2)cc1. The van der Waals surface area contributed by atoms with E-state index in [1.165, 1.54) is 14.2 Å². The van der Waals surface area contributed by atoms with Gasteiger partial charge in [0.05, 0.1) is 51.1 Å². The number of halogens is 1. The van der Waals surface area contributed by atoms with Crippen molar-refractivity contribution in [3.63, 3.8) is 0 Å². The summed E-state index contributed by atoms with van der Waals surface area (Å²) in [6.45, 7) is 0. The van der Waals surface area contributed by atoms with E-state index in [1.807, 2.05) is 48.5 Å². The van der Waals surface area contributed by atoms with Gasteiger partial charge in [-0.25, -0.2) is 0 Å². The van der Waals surface area contributed by atoms with Crippen LogP contribution in [-0.4, -0.2) is 40.3 Å². The molecular weight excluding hydrogens is 544 g/mol. The first kappa shape index (κ1) is 27.9. The molecule has 41 heavy (non-hydrogen) atoms. The minimum atomic E-state index is -0.801. The van der Waals surface area contributed by atoms with Gasteiger partial charge in [0.15, 0.2) is 0 Å². The fourth-order valence-electron chi connectivity index (χ4n) is 5.15. The molecule has 1 aliphatic rings. The van der Waals surface area contributed by atoms with E-state index in [4.69, 9.17) is 30.5 Å². The lowest BCUT2D eigenvalue weighted by atomic mass is 9.78. The molecular formula is C32H29ClN2O6. The molecule has 0 saturated heterocycles. The van der Waals surface area contributed by atoms with Gasteiger partial charge in [-0.3, -0.25) is 14.5 Å². The third-order valence-corrected chi connectivity index (χ3v) is 7.46. The second kappa shape index (κ2) is 11.8. The predicted molar refractivity (Wildman–Crippen MR) is 158 cm³/mol. The second-order valence-electron chi connectivity index (χ2n) is 9.33. The highest BCUT2D eigenvalue weighted by atomic mass is 35.5. The lowest BCUT2D eigenvalue weighted by Gasteiger charge is -2.42. The van der Waals surface area contributed by atoms with Gasteiger partial charge in [0.1, 0.15) is 23.0 Å². The van der Waals surface area contributed by atoms with E-state index in [1.54, 1.807) is 55.5 Å². The maximum absolute atomic E-state index is 14.3. The van der Waals surface area contributed by atoms with Crippen molar-refractivity contribution >= 4 is 34.8 Å². The summed E-state index contributed by atoms with van der Waals surface area (Å²) in [5.74, 6) is 0.738. The molecule has 1 aliphatic heterocycles. The van der Waals surface area contributed by atoms with Gasteiger partial charge >= 0.3 is 0 Å². The van der Waals surface area contributed by atoms with Crippen molar-refractivity contribution in [3.8, 4) is 23.0 Å². The summed E-state index contributed by atoms with van der Waals surface area (Å²) in [7, 11) is 6.17. The molecule has 1 heterocycles.